The predicted octanol–water partition coefficient (Wildman–Crippen LogP) is 1.80. The number of Topliss-reactive ketones (excluding diaryl/α,β-unsaturated/α-hetero) is 1. The molecule has 0 aliphatic rings. The van der Waals surface area contributed by atoms with Gasteiger partial charge >= 0.3 is 0 Å². The number of nitrogens with one attached hydrogen (secondary N) is 1. The van der Waals surface area contributed by atoms with Gasteiger partial charge in [0.05, 0.1) is 26.4 Å². The Hall–Kier alpha value is -0.940. The SMILES string of the molecule is CC(C)CC(=O)NCCOCCOCCC(=O)C(C)C. The fraction of sp³-hybridized carbons (Fsp3) is 0.867. The van der Waals surface area contributed by atoms with E-state index in [-0.39, 0.29) is 17.6 Å². The Morgan fingerprint density at radius 1 is 0.950 bits per heavy atom. The Morgan fingerprint density at radius 2 is 1.55 bits per heavy atom. The zero-order chi connectivity index (χ0) is 15.4. The van der Waals surface area contributed by atoms with E-state index in [9.17, 15) is 9.59 Å². The van der Waals surface area contributed by atoms with Gasteiger partial charge in [-0.3, -0.25) is 9.59 Å². The first-order valence-electron chi connectivity index (χ1n) is 7.38. The summed E-state index contributed by atoms with van der Waals surface area (Å²) in [4.78, 5) is 22.6. The summed E-state index contributed by atoms with van der Waals surface area (Å²) in [7, 11) is 0. The van der Waals surface area contributed by atoms with Crippen molar-refractivity contribution >= 4 is 11.7 Å². The number of rotatable bonds is 12. The number of ketones is 1. The minimum Gasteiger partial charge on any atom is -0.379 e. The number of carbonyl (C=O) groups excluding carboxylic acids is 2. The van der Waals surface area contributed by atoms with Crippen molar-refractivity contribution in [1.29, 1.82) is 0 Å². The van der Waals surface area contributed by atoms with Crippen LogP contribution in [0, 0.1) is 11.8 Å². The highest BCUT2D eigenvalue weighted by Gasteiger charge is 2.06. The van der Waals surface area contributed by atoms with Crippen molar-refractivity contribution in [3.8, 4) is 0 Å². The van der Waals surface area contributed by atoms with E-state index in [0.717, 1.165) is 0 Å². The summed E-state index contributed by atoms with van der Waals surface area (Å²) in [5.74, 6) is 0.730. The monoisotopic (exact) mass is 287 g/mol. The van der Waals surface area contributed by atoms with Crippen LogP contribution in [0.15, 0.2) is 0 Å². The topological polar surface area (TPSA) is 64.6 Å². The summed E-state index contributed by atoms with van der Waals surface area (Å²) in [6, 6.07) is 0. The molecule has 20 heavy (non-hydrogen) atoms. The minimum atomic E-state index is 0.0621. The van der Waals surface area contributed by atoms with Gasteiger partial charge in [0, 0.05) is 25.3 Å². The molecule has 0 radical (unpaired) electrons. The zero-order valence-corrected chi connectivity index (χ0v) is 13.2. The Balaban J connectivity index is 3.25. The van der Waals surface area contributed by atoms with Crippen molar-refractivity contribution in [2.24, 2.45) is 11.8 Å². The molecular weight excluding hydrogens is 258 g/mol. The van der Waals surface area contributed by atoms with Crippen LogP contribution in [0.25, 0.3) is 0 Å². The van der Waals surface area contributed by atoms with Crippen molar-refractivity contribution in [2.45, 2.75) is 40.5 Å². The lowest BCUT2D eigenvalue weighted by atomic mass is 10.1. The third-order valence-corrected chi connectivity index (χ3v) is 2.67. The molecule has 0 fully saturated rings. The van der Waals surface area contributed by atoms with Gasteiger partial charge in [-0.1, -0.05) is 27.7 Å². The van der Waals surface area contributed by atoms with Gasteiger partial charge in [-0.05, 0) is 5.92 Å². The molecule has 118 valence electrons. The van der Waals surface area contributed by atoms with Crippen LogP contribution in [0.1, 0.15) is 40.5 Å². The maximum Gasteiger partial charge on any atom is 0.220 e. The molecule has 0 heterocycles. The molecule has 0 saturated carbocycles. The van der Waals surface area contributed by atoms with Gasteiger partial charge in [0.1, 0.15) is 5.78 Å². The second-order valence-corrected chi connectivity index (χ2v) is 5.54. The Labute approximate surface area is 122 Å². The normalized spacial score (nSPS) is 11.1. The second kappa shape index (κ2) is 11.9. The zero-order valence-electron chi connectivity index (χ0n) is 13.2. The smallest absolute Gasteiger partial charge is 0.220 e. The fourth-order valence-corrected chi connectivity index (χ4v) is 1.49. The summed E-state index contributed by atoms with van der Waals surface area (Å²) in [5.41, 5.74) is 0. The van der Waals surface area contributed by atoms with Crippen LogP contribution in [-0.2, 0) is 19.1 Å². The molecule has 0 aromatic heterocycles. The van der Waals surface area contributed by atoms with Crippen LogP contribution in [0.4, 0.5) is 0 Å². The molecule has 0 saturated heterocycles. The molecule has 5 nitrogen and oxygen atoms in total. The van der Waals surface area contributed by atoms with Crippen molar-refractivity contribution in [1.82, 2.24) is 5.32 Å². The molecule has 0 aromatic carbocycles. The lowest BCUT2D eigenvalue weighted by Gasteiger charge is -2.08. The minimum absolute atomic E-state index is 0.0621. The summed E-state index contributed by atoms with van der Waals surface area (Å²) in [6.45, 7) is 10.2. The van der Waals surface area contributed by atoms with Crippen LogP contribution in [0.3, 0.4) is 0 Å². The van der Waals surface area contributed by atoms with Gasteiger partial charge in [0.15, 0.2) is 0 Å². The van der Waals surface area contributed by atoms with E-state index >= 15 is 0 Å². The molecule has 0 bridgehead atoms. The summed E-state index contributed by atoms with van der Waals surface area (Å²) in [5, 5.41) is 2.79. The fourth-order valence-electron chi connectivity index (χ4n) is 1.49. The van der Waals surface area contributed by atoms with Crippen LogP contribution in [0.2, 0.25) is 0 Å². The lowest BCUT2D eigenvalue weighted by Crippen LogP contribution is -2.28. The molecule has 0 atom stereocenters. The summed E-state index contributed by atoms with van der Waals surface area (Å²) < 4.78 is 10.6. The average Bonchev–Trinajstić information content (AvgIpc) is 2.35. The van der Waals surface area contributed by atoms with Gasteiger partial charge in [-0.25, -0.2) is 0 Å². The van der Waals surface area contributed by atoms with Crippen LogP contribution < -0.4 is 5.32 Å². The maximum atomic E-state index is 11.3. The van der Waals surface area contributed by atoms with Gasteiger partial charge in [0.25, 0.3) is 0 Å². The first kappa shape index (κ1) is 19.1. The summed E-state index contributed by atoms with van der Waals surface area (Å²) in [6.07, 6.45) is 1.01. The largest absolute Gasteiger partial charge is 0.379 e. The van der Waals surface area contributed by atoms with E-state index in [4.69, 9.17) is 9.47 Å². The standard InChI is InChI=1S/C15H29NO4/c1-12(2)11-15(18)16-6-8-20-10-9-19-7-5-14(17)13(3)4/h12-13H,5-11H2,1-4H3,(H,16,18). The molecule has 1 amide bonds. The molecule has 0 unspecified atom stereocenters. The van der Waals surface area contributed by atoms with Crippen molar-refractivity contribution in [2.75, 3.05) is 33.0 Å². The molecular formula is C15H29NO4. The van der Waals surface area contributed by atoms with Crippen LogP contribution >= 0.6 is 0 Å². The Bertz CT molecular complexity index is 277. The molecule has 1 N–H and O–H groups in total. The first-order chi connectivity index (χ1) is 9.43. The van der Waals surface area contributed by atoms with Crippen molar-refractivity contribution < 1.29 is 19.1 Å². The number of hydrogen-bond acceptors (Lipinski definition) is 4. The van der Waals surface area contributed by atoms with Gasteiger partial charge < -0.3 is 14.8 Å². The van der Waals surface area contributed by atoms with Gasteiger partial charge in [-0.2, -0.15) is 0 Å². The van der Waals surface area contributed by atoms with Gasteiger partial charge in [-0.15, -0.1) is 0 Å². The van der Waals surface area contributed by atoms with Crippen LogP contribution in [-0.4, -0.2) is 44.7 Å². The van der Waals surface area contributed by atoms with E-state index in [1.807, 2.05) is 27.7 Å². The maximum absolute atomic E-state index is 11.3. The highest BCUT2D eigenvalue weighted by Crippen LogP contribution is 1.99. The van der Waals surface area contributed by atoms with E-state index in [1.54, 1.807) is 0 Å². The molecule has 0 rings (SSSR count). The number of carbonyl (C=O) groups is 2. The molecule has 0 aromatic rings. The first-order valence-corrected chi connectivity index (χ1v) is 7.38. The number of ether oxygens (including phenoxy) is 2. The van der Waals surface area contributed by atoms with E-state index in [0.29, 0.717) is 51.7 Å². The van der Waals surface area contributed by atoms with Gasteiger partial charge in [0.2, 0.25) is 5.91 Å². The highest BCUT2D eigenvalue weighted by molar-refractivity contribution is 5.80. The van der Waals surface area contributed by atoms with E-state index in [1.165, 1.54) is 0 Å². The van der Waals surface area contributed by atoms with Crippen molar-refractivity contribution in [3.05, 3.63) is 0 Å². The van der Waals surface area contributed by atoms with Crippen LogP contribution in [0.5, 0.6) is 0 Å². The molecule has 0 aliphatic carbocycles. The van der Waals surface area contributed by atoms with Crippen molar-refractivity contribution in [3.63, 3.8) is 0 Å². The third kappa shape index (κ3) is 12.1. The quantitative estimate of drug-likeness (QED) is 0.556. The van der Waals surface area contributed by atoms with E-state index in [2.05, 4.69) is 5.32 Å². The Kier molecular flexibility index (Phi) is 11.3. The molecule has 0 aliphatic heterocycles. The predicted molar refractivity (Wildman–Crippen MR) is 78.6 cm³/mol. The average molecular weight is 287 g/mol. The molecule has 5 heteroatoms. The number of hydrogen-bond donors (Lipinski definition) is 1. The number of amides is 1. The lowest BCUT2D eigenvalue weighted by molar-refractivity contribution is -0.123. The van der Waals surface area contributed by atoms with E-state index < -0.39 is 0 Å². The summed E-state index contributed by atoms with van der Waals surface area (Å²) >= 11 is 0. The highest BCUT2D eigenvalue weighted by atomic mass is 16.5. The molecule has 0 spiro atoms. The second-order valence-electron chi connectivity index (χ2n) is 5.54. The third-order valence-electron chi connectivity index (χ3n) is 2.67. The Morgan fingerprint density at radius 3 is 2.10 bits per heavy atom.